The molecule has 0 radical (unpaired) electrons. The second-order valence-corrected chi connectivity index (χ2v) is 6.36. The largest absolute Gasteiger partial charge is 0.493 e. The SMILES string of the molecule is CN=C(NCCCOCC(C)C)NCCc1ccc(OC)c(OC(F)F)c1.I. The number of guanidine groups is 1. The van der Waals surface area contributed by atoms with Gasteiger partial charge in [-0.05, 0) is 36.5 Å². The summed E-state index contributed by atoms with van der Waals surface area (Å²) in [7, 11) is 3.12. The normalized spacial score (nSPS) is 11.4. The van der Waals surface area contributed by atoms with Gasteiger partial charge in [-0.15, -0.1) is 24.0 Å². The van der Waals surface area contributed by atoms with Crippen molar-refractivity contribution in [1.82, 2.24) is 10.6 Å². The van der Waals surface area contributed by atoms with Gasteiger partial charge in [0, 0.05) is 33.4 Å². The van der Waals surface area contributed by atoms with Gasteiger partial charge < -0.3 is 24.8 Å². The summed E-state index contributed by atoms with van der Waals surface area (Å²) in [5, 5.41) is 6.41. The molecule has 1 aromatic rings. The molecule has 2 N–H and O–H groups in total. The number of nitrogens with one attached hydrogen (secondary N) is 2. The summed E-state index contributed by atoms with van der Waals surface area (Å²) in [5.41, 5.74) is 0.858. The molecule has 0 saturated carbocycles. The third kappa shape index (κ3) is 11.5. The summed E-state index contributed by atoms with van der Waals surface area (Å²) in [6.07, 6.45) is 1.52. The van der Waals surface area contributed by atoms with Crippen molar-refractivity contribution in [2.45, 2.75) is 33.3 Å². The molecule has 0 atom stereocenters. The van der Waals surface area contributed by atoms with Crippen LogP contribution < -0.4 is 20.1 Å². The second-order valence-electron chi connectivity index (χ2n) is 6.36. The lowest BCUT2D eigenvalue weighted by molar-refractivity contribution is -0.0512. The summed E-state index contributed by atoms with van der Waals surface area (Å²) in [6, 6.07) is 5.01. The first-order valence-electron chi connectivity index (χ1n) is 9.10. The molecule has 0 fully saturated rings. The van der Waals surface area contributed by atoms with E-state index in [1.165, 1.54) is 7.11 Å². The zero-order valence-electron chi connectivity index (χ0n) is 17.0. The van der Waals surface area contributed by atoms with E-state index in [0.717, 1.165) is 25.1 Å². The zero-order chi connectivity index (χ0) is 20.1. The van der Waals surface area contributed by atoms with Crippen molar-refractivity contribution in [3.63, 3.8) is 0 Å². The van der Waals surface area contributed by atoms with Crippen molar-refractivity contribution in [1.29, 1.82) is 0 Å². The molecule has 0 unspecified atom stereocenters. The Morgan fingerprint density at radius 3 is 2.46 bits per heavy atom. The predicted molar refractivity (Wildman–Crippen MR) is 118 cm³/mol. The van der Waals surface area contributed by atoms with Crippen LogP contribution >= 0.6 is 24.0 Å². The monoisotopic (exact) mass is 515 g/mol. The fraction of sp³-hybridized carbons (Fsp3) is 0.632. The van der Waals surface area contributed by atoms with E-state index in [2.05, 4.69) is 34.2 Å². The number of nitrogens with zero attached hydrogens (tertiary/aromatic N) is 1. The molecule has 0 aliphatic rings. The van der Waals surface area contributed by atoms with E-state index in [1.54, 1.807) is 19.2 Å². The van der Waals surface area contributed by atoms with Crippen LogP contribution in [0.15, 0.2) is 23.2 Å². The second kappa shape index (κ2) is 15.5. The summed E-state index contributed by atoms with van der Waals surface area (Å²) in [4.78, 5) is 4.16. The van der Waals surface area contributed by atoms with E-state index in [9.17, 15) is 8.78 Å². The summed E-state index contributed by atoms with van der Waals surface area (Å²) in [5.74, 6) is 1.55. The van der Waals surface area contributed by atoms with Crippen molar-refractivity contribution in [3.8, 4) is 11.5 Å². The predicted octanol–water partition coefficient (Wildman–Crippen LogP) is 3.68. The Bertz CT molecular complexity index is 575. The minimum atomic E-state index is -2.89. The number of benzene rings is 1. The van der Waals surface area contributed by atoms with Gasteiger partial charge in [-0.25, -0.2) is 0 Å². The Morgan fingerprint density at radius 2 is 1.86 bits per heavy atom. The number of methoxy groups -OCH3 is 1. The fourth-order valence-electron chi connectivity index (χ4n) is 2.31. The van der Waals surface area contributed by atoms with E-state index in [1.807, 2.05) is 6.07 Å². The van der Waals surface area contributed by atoms with Crippen molar-refractivity contribution in [2.75, 3.05) is 40.5 Å². The average molecular weight is 515 g/mol. The molecule has 162 valence electrons. The van der Waals surface area contributed by atoms with Crippen molar-refractivity contribution in [2.24, 2.45) is 10.9 Å². The topological polar surface area (TPSA) is 64.1 Å². The number of ether oxygens (including phenoxy) is 3. The molecule has 0 saturated heterocycles. The number of hydrogen-bond donors (Lipinski definition) is 2. The Morgan fingerprint density at radius 1 is 1.14 bits per heavy atom. The van der Waals surface area contributed by atoms with Gasteiger partial charge in [0.2, 0.25) is 0 Å². The molecule has 28 heavy (non-hydrogen) atoms. The maximum absolute atomic E-state index is 12.5. The van der Waals surface area contributed by atoms with E-state index in [-0.39, 0.29) is 35.5 Å². The van der Waals surface area contributed by atoms with Crippen molar-refractivity contribution in [3.05, 3.63) is 23.8 Å². The smallest absolute Gasteiger partial charge is 0.387 e. The summed E-state index contributed by atoms with van der Waals surface area (Å²) >= 11 is 0. The van der Waals surface area contributed by atoms with Crippen LogP contribution in [0.1, 0.15) is 25.8 Å². The van der Waals surface area contributed by atoms with Gasteiger partial charge in [0.25, 0.3) is 0 Å². The third-order valence-electron chi connectivity index (χ3n) is 3.58. The highest BCUT2D eigenvalue weighted by Crippen LogP contribution is 2.29. The van der Waals surface area contributed by atoms with Crippen molar-refractivity contribution >= 4 is 29.9 Å². The molecular formula is C19H32F2IN3O3. The number of alkyl halides is 2. The Balaban J connectivity index is 0.00000729. The molecule has 0 aromatic heterocycles. The Kier molecular flexibility index (Phi) is 14.8. The number of hydrogen-bond acceptors (Lipinski definition) is 4. The zero-order valence-corrected chi connectivity index (χ0v) is 19.3. The van der Waals surface area contributed by atoms with E-state index >= 15 is 0 Å². The van der Waals surface area contributed by atoms with Crippen LogP contribution in [0.25, 0.3) is 0 Å². The lowest BCUT2D eigenvalue weighted by Crippen LogP contribution is -2.39. The summed E-state index contributed by atoms with van der Waals surface area (Å²) < 4.78 is 40.0. The van der Waals surface area contributed by atoms with Crippen LogP contribution in [0.2, 0.25) is 0 Å². The quantitative estimate of drug-likeness (QED) is 0.193. The highest BCUT2D eigenvalue weighted by Gasteiger charge is 2.11. The fourth-order valence-corrected chi connectivity index (χ4v) is 2.31. The number of aliphatic imine (C=N–C) groups is 1. The first-order chi connectivity index (χ1) is 13.0. The third-order valence-corrected chi connectivity index (χ3v) is 3.58. The van der Waals surface area contributed by atoms with E-state index in [0.29, 0.717) is 31.4 Å². The Hall–Kier alpha value is -1.36. The molecule has 1 rings (SSSR count). The van der Waals surface area contributed by atoms with E-state index < -0.39 is 6.61 Å². The maximum Gasteiger partial charge on any atom is 0.387 e. The molecule has 1 aromatic carbocycles. The molecule has 0 spiro atoms. The maximum atomic E-state index is 12.5. The highest BCUT2D eigenvalue weighted by atomic mass is 127. The van der Waals surface area contributed by atoms with Gasteiger partial charge in [-0.1, -0.05) is 19.9 Å². The molecule has 6 nitrogen and oxygen atoms in total. The standard InChI is InChI=1S/C19H31F2N3O3.HI/c1-14(2)13-26-11-5-9-23-19(22-3)24-10-8-15-6-7-16(25-4)17(12-15)27-18(20)21;/h6-7,12,14,18H,5,8-11,13H2,1-4H3,(H2,22,23,24);1H. The molecular weight excluding hydrogens is 483 g/mol. The first-order valence-corrected chi connectivity index (χ1v) is 9.10. The number of rotatable bonds is 12. The van der Waals surface area contributed by atoms with Crippen LogP contribution in [-0.4, -0.2) is 53.0 Å². The minimum Gasteiger partial charge on any atom is -0.493 e. The minimum absolute atomic E-state index is 0. The van der Waals surface area contributed by atoms with Crippen LogP contribution in [0.3, 0.4) is 0 Å². The molecule has 0 aliphatic heterocycles. The lowest BCUT2D eigenvalue weighted by atomic mass is 10.1. The van der Waals surface area contributed by atoms with Gasteiger partial charge >= 0.3 is 6.61 Å². The average Bonchev–Trinajstić information content (AvgIpc) is 2.62. The lowest BCUT2D eigenvalue weighted by Gasteiger charge is -2.14. The van der Waals surface area contributed by atoms with Crippen LogP contribution in [0, 0.1) is 5.92 Å². The van der Waals surface area contributed by atoms with Crippen molar-refractivity contribution < 1.29 is 23.0 Å². The van der Waals surface area contributed by atoms with Gasteiger partial charge in [-0.3, -0.25) is 4.99 Å². The van der Waals surface area contributed by atoms with Gasteiger partial charge in [0.05, 0.1) is 7.11 Å². The van der Waals surface area contributed by atoms with Crippen LogP contribution in [0.4, 0.5) is 8.78 Å². The molecule has 9 heteroatoms. The summed E-state index contributed by atoms with van der Waals surface area (Å²) in [6.45, 7) is 4.19. The molecule has 0 aliphatic carbocycles. The van der Waals surface area contributed by atoms with Crippen LogP contribution in [0.5, 0.6) is 11.5 Å². The number of halogens is 3. The molecule has 0 bridgehead atoms. The molecule has 0 amide bonds. The van der Waals surface area contributed by atoms with Gasteiger partial charge in [0.15, 0.2) is 17.5 Å². The van der Waals surface area contributed by atoms with Crippen LogP contribution in [-0.2, 0) is 11.2 Å². The van der Waals surface area contributed by atoms with E-state index in [4.69, 9.17) is 9.47 Å². The first kappa shape index (κ1) is 26.6. The van der Waals surface area contributed by atoms with Gasteiger partial charge in [-0.2, -0.15) is 8.78 Å². The van der Waals surface area contributed by atoms with Gasteiger partial charge in [0.1, 0.15) is 0 Å². The molecule has 0 heterocycles. The highest BCUT2D eigenvalue weighted by molar-refractivity contribution is 14.0. The Labute approximate surface area is 183 Å².